The molecule has 130 valence electrons. The summed E-state index contributed by atoms with van der Waals surface area (Å²) in [4.78, 5) is 4.48. The third-order valence-corrected chi connectivity index (χ3v) is 4.55. The summed E-state index contributed by atoms with van der Waals surface area (Å²) < 4.78 is 7.52. The van der Waals surface area contributed by atoms with Crippen molar-refractivity contribution in [2.24, 2.45) is 0 Å². The van der Waals surface area contributed by atoms with E-state index in [1.165, 1.54) is 5.56 Å². The first-order valence-electron chi connectivity index (χ1n) is 8.64. The van der Waals surface area contributed by atoms with Crippen molar-refractivity contribution in [3.63, 3.8) is 0 Å². The molecule has 0 radical (unpaired) electrons. The first-order valence-corrected chi connectivity index (χ1v) is 8.64. The summed E-state index contributed by atoms with van der Waals surface area (Å²) in [7, 11) is 1.70. The summed E-state index contributed by atoms with van der Waals surface area (Å²) in [5, 5.41) is 3.47. The quantitative estimate of drug-likeness (QED) is 0.557. The second-order valence-corrected chi connectivity index (χ2v) is 6.31. The highest BCUT2D eigenvalue weighted by Gasteiger charge is 2.05. The van der Waals surface area contributed by atoms with Crippen LogP contribution in [0.2, 0.25) is 0 Å². The lowest BCUT2D eigenvalue weighted by Crippen LogP contribution is -2.01. The lowest BCUT2D eigenvalue weighted by molar-refractivity contribution is 0.412. The van der Waals surface area contributed by atoms with Crippen molar-refractivity contribution in [2.45, 2.75) is 13.5 Å². The highest BCUT2D eigenvalue weighted by Crippen LogP contribution is 2.23. The Balaban J connectivity index is 1.56. The molecule has 0 bridgehead atoms. The largest absolute Gasteiger partial charge is 0.496 e. The maximum atomic E-state index is 5.40. The van der Waals surface area contributed by atoms with Gasteiger partial charge in [-0.05, 0) is 48.4 Å². The fourth-order valence-corrected chi connectivity index (χ4v) is 3.12. The smallest absolute Gasteiger partial charge is 0.123 e. The predicted molar refractivity (Wildman–Crippen MR) is 106 cm³/mol. The normalized spacial score (nSPS) is 10.8. The zero-order chi connectivity index (χ0) is 17.9. The number of methoxy groups -OCH3 is 1. The highest BCUT2D eigenvalue weighted by molar-refractivity contribution is 5.77. The van der Waals surface area contributed by atoms with Crippen LogP contribution in [0.5, 0.6) is 5.75 Å². The van der Waals surface area contributed by atoms with Gasteiger partial charge in [-0.1, -0.05) is 30.3 Å². The molecule has 0 unspecified atom stereocenters. The number of nitrogens with zero attached hydrogens (tertiary/aromatic N) is 2. The van der Waals surface area contributed by atoms with Gasteiger partial charge in [0.05, 0.1) is 18.1 Å². The van der Waals surface area contributed by atoms with Crippen LogP contribution in [0.4, 0.5) is 5.69 Å². The Bertz CT molecular complexity index is 1050. The van der Waals surface area contributed by atoms with Crippen LogP contribution in [0.15, 0.2) is 73.1 Å². The van der Waals surface area contributed by atoms with Gasteiger partial charge < -0.3 is 10.1 Å². The zero-order valence-electron chi connectivity index (χ0n) is 14.9. The number of ether oxygens (including phenoxy) is 1. The molecule has 4 aromatic rings. The Labute approximate surface area is 153 Å². The van der Waals surface area contributed by atoms with Gasteiger partial charge in [0.2, 0.25) is 0 Å². The molecule has 4 rings (SSSR count). The number of imidazole rings is 1. The molecule has 0 amide bonds. The first-order chi connectivity index (χ1) is 12.7. The van der Waals surface area contributed by atoms with Crippen LogP contribution in [0.25, 0.3) is 16.7 Å². The van der Waals surface area contributed by atoms with Crippen molar-refractivity contribution in [3.8, 4) is 11.4 Å². The number of benzene rings is 3. The van der Waals surface area contributed by atoms with Crippen LogP contribution in [-0.4, -0.2) is 16.7 Å². The second-order valence-electron chi connectivity index (χ2n) is 6.31. The number of hydrogen-bond donors (Lipinski definition) is 1. The molecule has 0 aliphatic heterocycles. The molecule has 0 saturated heterocycles. The van der Waals surface area contributed by atoms with Crippen molar-refractivity contribution >= 4 is 16.7 Å². The minimum atomic E-state index is 0.743. The first kappa shape index (κ1) is 16.2. The van der Waals surface area contributed by atoms with Crippen LogP contribution in [0.3, 0.4) is 0 Å². The third-order valence-electron chi connectivity index (χ3n) is 4.55. The molecule has 0 spiro atoms. The predicted octanol–water partition coefficient (Wildman–Crippen LogP) is 4.95. The zero-order valence-corrected chi connectivity index (χ0v) is 14.9. The summed E-state index contributed by atoms with van der Waals surface area (Å²) in [6.07, 6.45) is 1.88. The standard InChI is InChI=1S/C22H21N3O/c1-16-10-11-18(13-22(16)26-2)23-14-17-6-5-7-19(12-17)25-15-24-20-8-3-4-9-21(20)25/h3-13,15,23H,14H2,1-2H3. The number of nitrogens with one attached hydrogen (secondary N) is 1. The Hall–Kier alpha value is -3.27. The summed E-state index contributed by atoms with van der Waals surface area (Å²) in [5.74, 6) is 0.897. The van der Waals surface area contributed by atoms with Crippen LogP contribution in [0, 0.1) is 6.92 Å². The van der Waals surface area contributed by atoms with Gasteiger partial charge >= 0.3 is 0 Å². The fraction of sp³-hybridized carbons (Fsp3) is 0.136. The van der Waals surface area contributed by atoms with Crippen LogP contribution in [-0.2, 0) is 6.54 Å². The van der Waals surface area contributed by atoms with E-state index in [1.54, 1.807) is 7.11 Å². The average Bonchev–Trinajstić information content (AvgIpc) is 3.12. The van der Waals surface area contributed by atoms with Gasteiger partial charge in [-0.3, -0.25) is 4.57 Å². The molecule has 0 atom stereocenters. The van der Waals surface area contributed by atoms with E-state index in [0.29, 0.717) is 0 Å². The van der Waals surface area contributed by atoms with E-state index in [0.717, 1.165) is 40.3 Å². The number of aromatic nitrogens is 2. The molecule has 0 aliphatic rings. The molecule has 1 N–H and O–H groups in total. The van der Waals surface area contributed by atoms with E-state index in [9.17, 15) is 0 Å². The lowest BCUT2D eigenvalue weighted by atomic mass is 10.1. The number of anilines is 1. The van der Waals surface area contributed by atoms with Gasteiger partial charge in [0.15, 0.2) is 0 Å². The van der Waals surface area contributed by atoms with Crippen molar-refractivity contribution in [1.82, 2.24) is 9.55 Å². The van der Waals surface area contributed by atoms with Gasteiger partial charge in [0, 0.05) is 24.0 Å². The third kappa shape index (κ3) is 3.14. The number of fused-ring (bicyclic) bond motifs is 1. The van der Waals surface area contributed by atoms with E-state index < -0.39 is 0 Å². The topological polar surface area (TPSA) is 39.1 Å². The molecule has 4 nitrogen and oxygen atoms in total. The minimum absolute atomic E-state index is 0.743. The summed E-state index contributed by atoms with van der Waals surface area (Å²) in [5.41, 5.74) is 6.61. The van der Waals surface area contributed by atoms with Gasteiger partial charge in [-0.15, -0.1) is 0 Å². The second kappa shape index (κ2) is 6.92. The monoisotopic (exact) mass is 343 g/mol. The van der Waals surface area contributed by atoms with E-state index in [1.807, 2.05) is 37.5 Å². The lowest BCUT2D eigenvalue weighted by Gasteiger charge is -2.11. The molecule has 0 aliphatic carbocycles. The molecular formula is C22H21N3O. The van der Waals surface area contributed by atoms with Crippen molar-refractivity contribution in [2.75, 3.05) is 12.4 Å². The van der Waals surface area contributed by atoms with E-state index in [-0.39, 0.29) is 0 Å². The summed E-state index contributed by atoms with van der Waals surface area (Å²) in [6, 6.07) is 22.8. The molecule has 1 heterocycles. The number of para-hydroxylation sites is 2. The van der Waals surface area contributed by atoms with Crippen molar-refractivity contribution in [3.05, 3.63) is 84.2 Å². The Kier molecular flexibility index (Phi) is 4.32. The highest BCUT2D eigenvalue weighted by atomic mass is 16.5. The van der Waals surface area contributed by atoms with Gasteiger partial charge in [-0.2, -0.15) is 0 Å². The number of aryl methyl sites for hydroxylation is 1. The molecule has 26 heavy (non-hydrogen) atoms. The molecule has 4 heteroatoms. The van der Waals surface area contributed by atoms with Gasteiger partial charge in [-0.25, -0.2) is 4.98 Å². The minimum Gasteiger partial charge on any atom is -0.496 e. The maximum absolute atomic E-state index is 5.40. The maximum Gasteiger partial charge on any atom is 0.123 e. The van der Waals surface area contributed by atoms with Crippen LogP contribution in [0.1, 0.15) is 11.1 Å². The molecule has 0 saturated carbocycles. The Morgan fingerprint density at radius 2 is 1.88 bits per heavy atom. The van der Waals surface area contributed by atoms with Crippen LogP contribution < -0.4 is 10.1 Å². The average molecular weight is 343 g/mol. The van der Waals surface area contributed by atoms with Crippen molar-refractivity contribution < 1.29 is 4.74 Å². The molecule has 0 fully saturated rings. The van der Waals surface area contributed by atoms with E-state index in [4.69, 9.17) is 4.74 Å². The fourth-order valence-electron chi connectivity index (χ4n) is 3.12. The SMILES string of the molecule is COc1cc(NCc2cccc(-n3cnc4ccccc43)c2)ccc1C. The number of hydrogen-bond acceptors (Lipinski definition) is 3. The Morgan fingerprint density at radius 3 is 2.77 bits per heavy atom. The van der Waals surface area contributed by atoms with E-state index >= 15 is 0 Å². The summed E-state index contributed by atoms with van der Waals surface area (Å²) in [6.45, 7) is 2.79. The van der Waals surface area contributed by atoms with Crippen molar-refractivity contribution in [1.29, 1.82) is 0 Å². The number of rotatable bonds is 5. The molecule has 1 aromatic heterocycles. The van der Waals surface area contributed by atoms with Crippen LogP contribution >= 0.6 is 0 Å². The molecular weight excluding hydrogens is 322 g/mol. The molecule has 3 aromatic carbocycles. The Morgan fingerprint density at radius 1 is 1.00 bits per heavy atom. The van der Waals surface area contributed by atoms with Gasteiger partial charge in [0.1, 0.15) is 12.1 Å². The summed E-state index contributed by atoms with van der Waals surface area (Å²) >= 11 is 0. The van der Waals surface area contributed by atoms with Gasteiger partial charge in [0.25, 0.3) is 0 Å². The van der Waals surface area contributed by atoms with E-state index in [2.05, 4.69) is 57.3 Å².